The van der Waals surface area contributed by atoms with Crippen molar-refractivity contribution in [3.63, 3.8) is 0 Å². The molecule has 0 saturated heterocycles. The summed E-state index contributed by atoms with van der Waals surface area (Å²) in [7, 11) is -0.721. The van der Waals surface area contributed by atoms with Crippen molar-refractivity contribution in [2.75, 3.05) is 0 Å². The molecule has 0 spiro atoms. The molecule has 0 aliphatic heterocycles. The fraction of sp³-hybridized carbons (Fsp3) is 0. The van der Waals surface area contributed by atoms with Crippen LogP contribution in [0.3, 0.4) is 0 Å². The van der Waals surface area contributed by atoms with Crippen molar-refractivity contribution in [3.05, 3.63) is 170 Å². The van der Waals surface area contributed by atoms with Crippen LogP contribution < -0.4 is 15.9 Å². The van der Waals surface area contributed by atoms with Gasteiger partial charge in [0.15, 0.2) is 0 Å². The molecule has 0 amide bonds. The highest BCUT2D eigenvalue weighted by molar-refractivity contribution is 7.79. The van der Waals surface area contributed by atoms with Gasteiger partial charge >= 0.3 is 0 Å². The van der Waals surface area contributed by atoms with Crippen molar-refractivity contribution in [2.24, 2.45) is 0 Å². The van der Waals surface area contributed by atoms with Crippen LogP contribution in [0.4, 0.5) is 0 Å². The molecular weight excluding hydrogens is 577 g/mol. The zero-order valence-corrected chi connectivity index (χ0v) is 25.9. The van der Waals surface area contributed by atoms with Crippen LogP contribution in [0.1, 0.15) is 0 Å². The van der Waals surface area contributed by atoms with E-state index in [2.05, 4.69) is 170 Å². The van der Waals surface area contributed by atoms with E-state index in [1.165, 1.54) is 43.0 Å². The molecule has 46 heavy (non-hydrogen) atoms. The SMILES string of the molecule is c1ccc(P(c2ccccc2)c2ccc3oc4ccc(-c5cccc(-c6c7ccccc7cc7ccccc67)n5)cc4c3c2)cc1. The number of aromatic nitrogens is 1. The molecule has 0 atom stereocenters. The Bertz CT molecular complexity index is 2440. The number of hydrogen-bond acceptors (Lipinski definition) is 2. The average Bonchev–Trinajstić information content (AvgIpc) is 3.49. The van der Waals surface area contributed by atoms with Gasteiger partial charge in [0, 0.05) is 21.9 Å². The highest BCUT2D eigenvalue weighted by Gasteiger charge is 2.19. The van der Waals surface area contributed by atoms with Gasteiger partial charge in [-0.3, -0.25) is 0 Å². The fourth-order valence-corrected chi connectivity index (χ4v) is 9.01. The first kappa shape index (κ1) is 26.8. The molecule has 0 radical (unpaired) electrons. The third-order valence-electron chi connectivity index (χ3n) is 8.81. The predicted octanol–water partition coefficient (Wildman–Crippen LogP) is 10.4. The van der Waals surface area contributed by atoms with Gasteiger partial charge in [0.1, 0.15) is 11.2 Å². The Morgan fingerprint density at radius 3 is 1.63 bits per heavy atom. The second kappa shape index (κ2) is 11.1. The second-order valence-corrected chi connectivity index (χ2v) is 13.8. The molecule has 0 unspecified atom stereocenters. The number of nitrogens with zero attached hydrogens (tertiary/aromatic N) is 1. The van der Waals surface area contributed by atoms with Crippen LogP contribution in [0.25, 0.3) is 66.0 Å². The van der Waals surface area contributed by atoms with Gasteiger partial charge in [-0.25, -0.2) is 4.98 Å². The number of rotatable bonds is 5. The number of pyridine rings is 1. The molecule has 0 bridgehead atoms. The summed E-state index contributed by atoms with van der Waals surface area (Å²) in [6, 6.07) is 60.6. The van der Waals surface area contributed by atoms with Crippen LogP contribution in [-0.2, 0) is 0 Å². The summed E-state index contributed by atoms with van der Waals surface area (Å²) in [6.45, 7) is 0. The first-order chi connectivity index (χ1) is 22.8. The third-order valence-corrected chi connectivity index (χ3v) is 11.2. The molecule has 2 nitrogen and oxygen atoms in total. The Labute approximate surface area is 268 Å². The van der Waals surface area contributed by atoms with Crippen molar-refractivity contribution >= 4 is 67.3 Å². The smallest absolute Gasteiger partial charge is 0.135 e. The van der Waals surface area contributed by atoms with Crippen molar-refractivity contribution in [1.82, 2.24) is 4.98 Å². The molecular formula is C43H28NOP. The molecule has 216 valence electrons. The predicted molar refractivity (Wildman–Crippen MR) is 196 cm³/mol. The zero-order valence-electron chi connectivity index (χ0n) is 25.0. The minimum absolute atomic E-state index is 0.721. The summed E-state index contributed by atoms with van der Waals surface area (Å²) in [5.41, 5.74) is 5.94. The van der Waals surface area contributed by atoms with E-state index in [9.17, 15) is 0 Å². The first-order valence-corrected chi connectivity index (χ1v) is 16.9. The molecule has 3 heteroatoms. The minimum atomic E-state index is -0.721. The number of benzene rings is 7. The molecule has 7 aromatic carbocycles. The molecule has 0 fully saturated rings. The molecule has 0 aliphatic rings. The Morgan fingerprint density at radius 2 is 0.957 bits per heavy atom. The van der Waals surface area contributed by atoms with Crippen molar-refractivity contribution < 1.29 is 4.42 Å². The first-order valence-electron chi connectivity index (χ1n) is 15.5. The molecule has 2 aromatic heterocycles. The lowest BCUT2D eigenvalue weighted by atomic mass is 9.94. The van der Waals surface area contributed by atoms with Gasteiger partial charge in [-0.05, 0) is 93.9 Å². The Balaban J connectivity index is 1.19. The largest absolute Gasteiger partial charge is 0.456 e. The highest BCUT2D eigenvalue weighted by atomic mass is 31.1. The molecule has 9 aromatic rings. The summed E-state index contributed by atoms with van der Waals surface area (Å²) in [5.74, 6) is 0. The van der Waals surface area contributed by atoms with E-state index in [0.717, 1.165) is 38.9 Å². The van der Waals surface area contributed by atoms with Gasteiger partial charge in [-0.1, -0.05) is 121 Å². The maximum Gasteiger partial charge on any atom is 0.135 e. The van der Waals surface area contributed by atoms with E-state index in [1.807, 2.05) is 0 Å². The van der Waals surface area contributed by atoms with Gasteiger partial charge in [0.25, 0.3) is 0 Å². The molecule has 2 heterocycles. The lowest BCUT2D eigenvalue weighted by Crippen LogP contribution is -2.20. The van der Waals surface area contributed by atoms with Gasteiger partial charge in [0.05, 0.1) is 11.4 Å². The highest BCUT2D eigenvalue weighted by Crippen LogP contribution is 2.39. The normalized spacial score (nSPS) is 11.7. The van der Waals surface area contributed by atoms with E-state index < -0.39 is 7.92 Å². The monoisotopic (exact) mass is 605 g/mol. The summed E-state index contributed by atoms with van der Waals surface area (Å²) in [4.78, 5) is 5.28. The van der Waals surface area contributed by atoms with E-state index in [0.29, 0.717) is 0 Å². The number of furan rings is 1. The Hall–Kier alpha value is -5.56. The molecule has 0 aliphatic carbocycles. The fourth-order valence-electron chi connectivity index (χ4n) is 6.69. The van der Waals surface area contributed by atoms with Crippen LogP contribution in [0.15, 0.2) is 174 Å². The van der Waals surface area contributed by atoms with Crippen LogP contribution in [0.5, 0.6) is 0 Å². The number of hydrogen-bond donors (Lipinski definition) is 0. The zero-order chi connectivity index (χ0) is 30.5. The van der Waals surface area contributed by atoms with Crippen molar-refractivity contribution in [3.8, 4) is 22.5 Å². The standard InChI is InChI=1S/C43H28NOP/c1-3-14-32(15-4-1)46(33-16-5-2-6-17-33)34-23-25-42-38(28-34)37-27-31(22-24-41(37)45-42)39-20-11-21-40(44-39)43-35-18-9-7-12-29(35)26-30-13-8-10-19-36(30)43/h1-28H. The lowest BCUT2D eigenvalue weighted by Gasteiger charge is -2.19. The average molecular weight is 606 g/mol. The Kier molecular flexibility index (Phi) is 6.47. The van der Waals surface area contributed by atoms with E-state index in [1.54, 1.807) is 0 Å². The van der Waals surface area contributed by atoms with Crippen LogP contribution in [0, 0.1) is 0 Å². The summed E-state index contributed by atoms with van der Waals surface area (Å²) in [6.07, 6.45) is 0. The molecule has 9 rings (SSSR count). The van der Waals surface area contributed by atoms with Gasteiger partial charge < -0.3 is 4.42 Å². The summed E-state index contributed by atoms with van der Waals surface area (Å²) in [5, 5.41) is 11.1. The van der Waals surface area contributed by atoms with Crippen LogP contribution in [-0.4, -0.2) is 4.98 Å². The maximum absolute atomic E-state index is 6.37. The molecule has 0 saturated carbocycles. The van der Waals surface area contributed by atoms with Gasteiger partial charge in [-0.2, -0.15) is 0 Å². The second-order valence-electron chi connectivity index (χ2n) is 11.6. The van der Waals surface area contributed by atoms with E-state index in [4.69, 9.17) is 9.40 Å². The van der Waals surface area contributed by atoms with E-state index >= 15 is 0 Å². The quantitative estimate of drug-likeness (QED) is 0.144. The summed E-state index contributed by atoms with van der Waals surface area (Å²) < 4.78 is 6.37. The number of fused-ring (bicyclic) bond motifs is 5. The van der Waals surface area contributed by atoms with Crippen LogP contribution >= 0.6 is 7.92 Å². The Morgan fingerprint density at radius 1 is 0.391 bits per heavy atom. The van der Waals surface area contributed by atoms with E-state index in [-0.39, 0.29) is 0 Å². The molecule has 0 N–H and O–H groups in total. The van der Waals surface area contributed by atoms with Crippen LogP contribution in [0.2, 0.25) is 0 Å². The van der Waals surface area contributed by atoms with Crippen molar-refractivity contribution in [1.29, 1.82) is 0 Å². The van der Waals surface area contributed by atoms with Gasteiger partial charge in [-0.15, -0.1) is 0 Å². The maximum atomic E-state index is 6.37. The summed E-state index contributed by atoms with van der Waals surface area (Å²) >= 11 is 0. The lowest BCUT2D eigenvalue weighted by molar-refractivity contribution is 0.669. The third kappa shape index (κ3) is 4.58. The topological polar surface area (TPSA) is 26.0 Å². The van der Waals surface area contributed by atoms with Gasteiger partial charge in [0.2, 0.25) is 0 Å². The van der Waals surface area contributed by atoms with Crippen molar-refractivity contribution in [2.45, 2.75) is 0 Å². The minimum Gasteiger partial charge on any atom is -0.456 e.